The van der Waals surface area contributed by atoms with E-state index in [1.165, 1.54) is 24.3 Å². The lowest BCUT2D eigenvalue weighted by Crippen LogP contribution is -2.30. The predicted molar refractivity (Wildman–Crippen MR) is 79.6 cm³/mol. The zero-order valence-electron chi connectivity index (χ0n) is 11.7. The second-order valence-electron chi connectivity index (χ2n) is 4.89. The standard InChI is InChI=1S/C17H17NO2/c1-12(2)17(20)18(13(3)19)9-8-14-10-15-6-4-5-7-16(15)11-14/h4-10H,1,11H2,2-3H3. The van der Waals surface area contributed by atoms with E-state index in [4.69, 9.17) is 0 Å². The summed E-state index contributed by atoms with van der Waals surface area (Å²) >= 11 is 0. The van der Waals surface area contributed by atoms with Gasteiger partial charge in [0.2, 0.25) is 5.91 Å². The van der Waals surface area contributed by atoms with Crippen molar-refractivity contribution in [3.63, 3.8) is 0 Å². The van der Waals surface area contributed by atoms with Crippen LogP contribution in [-0.2, 0) is 16.0 Å². The van der Waals surface area contributed by atoms with Gasteiger partial charge in [0, 0.05) is 18.7 Å². The first-order chi connectivity index (χ1) is 9.49. The van der Waals surface area contributed by atoms with Gasteiger partial charge in [-0.05, 0) is 36.1 Å². The van der Waals surface area contributed by atoms with E-state index < -0.39 is 0 Å². The van der Waals surface area contributed by atoms with Crippen molar-refractivity contribution in [2.24, 2.45) is 0 Å². The molecule has 20 heavy (non-hydrogen) atoms. The summed E-state index contributed by atoms with van der Waals surface area (Å²) in [5.41, 5.74) is 3.86. The van der Waals surface area contributed by atoms with Crippen LogP contribution in [0.1, 0.15) is 25.0 Å². The number of carbonyl (C=O) groups excluding carboxylic acids is 2. The average molecular weight is 267 g/mol. The minimum absolute atomic E-state index is 0.314. The lowest BCUT2D eigenvalue weighted by molar-refractivity contribution is -0.137. The SMILES string of the molecule is C=C(C)C(=O)N(C=CC1=Cc2ccccc2C1)C(C)=O. The molecule has 0 unspecified atom stereocenters. The normalized spacial score (nSPS) is 13.0. The molecule has 3 heteroatoms. The summed E-state index contributed by atoms with van der Waals surface area (Å²) in [4.78, 5) is 24.4. The molecule has 0 aromatic heterocycles. The summed E-state index contributed by atoms with van der Waals surface area (Å²) in [6, 6.07) is 8.13. The molecule has 2 rings (SSSR count). The molecule has 2 amide bonds. The fraction of sp³-hybridized carbons (Fsp3) is 0.176. The van der Waals surface area contributed by atoms with Crippen molar-refractivity contribution in [2.75, 3.05) is 0 Å². The topological polar surface area (TPSA) is 37.4 Å². The van der Waals surface area contributed by atoms with Crippen molar-refractivity contribution < 1.29 is 9.59 Å². The number of benzene rings is 1. The molecule has 0 N–H and O–H groups in total. The monoisotopic (exact) mass is 267 g/mol. The molecule has 0 spiro atoms. The number of imide groups is 1. The Hall–Kier alpha value is -2.42. The van der Waals surface area contributed by atoms with Gasteiger partial charge in [0.25, 0.3) is 5.91 Å². The van der Waals surface area contributed by atoms with Gasteiger partial charge in [-0.2, -0.15) is 0 Å². The highest BCUT2D eigenvalue weighted by Crippen LogP contribution is 2.25. The molecule has 1 aliphatic rings. The Morgan fingerprint density at radius 2 is 1.95 bits per heavy atom. The van der Waals surface area contributed by atoms with Crippen molar-refractivity contribution in [2.45, 2.75) is 20.3 Å². The van der Waals surface area contributed by atoms with Crippen LogP contribution < -0.4 is 0 Å². The first-order valence-electron chi connectivity index (χ1n) is 6.45. The number of hydrogen-bond donors (Lipinski definition) is 0. The molecule has 0 aliphatic heterocycles. The fourth-order valence-electron chi connectivity index (χ4n) is 2.11. The Balaban J connectivity index is 2.15. The molecule has 0 heterocycles. The van der Waals surface area contributed by atoms with Gasteiger partial charge in [0.15, 0.2) is 0 Å². The van der Waals surface area contributed by atoms with Gasteiger partial charge in [-0.1, -0.05) is 36.9 Å². The van der Waals surface area contributed by atoms with Crippen LogP contribution in [0.5, 0.6) is 0 Å². The number of carbonyl (C=O) groups is 2. The van der Waals surface area contributed by atoms with Crippen LogP contribution in [0.25, 0.3) is 6.08 Å². The smallest absolute Gasteiger partial charge is 0.259 e. The Morgan fingerprint density at radius 3 is 2.55 bits per heavy atom. The third-order valence-electron chi connectivity index (χ3n) is 3.15. The minimum atomic E-state index is -0.370. The van der Waals surface area contributed by atoms with Crippen LogP contribution in [0.15, 0.2) is 54.3 Å². The third-order valence-corrected chi connectivity index (χ3v) is 3.15. The van der Waals surface area contributed by atoms with Crippen LogP contribution in [0.4, 0.5) is 0 Å². The van der Waals surface area contributed by atoms with Crippen LogP contribution >= 0.6 is 0 Å². The summed E-state index contributed by atoms with van der Waals surface area (Å²) in [5, 5.41) is 0. The summed E-state index contributed by atoms with van der Waals surface area (Å²) in [7, 11) is 0. The van der Waals surface area contributed by atoms with Gasteiger partial charge in [0.05, 0.1) is 0 Å². The van der Waals surface area contributed by atoms with Gasteiger partial charge in [0.1, 0.15) is 0 Å². The number of nitrogens with zero attached hydrogens (tertiary/aromatic N) is 1. The molecule has 0 saturated carbocycles. The first kappa shape index (κ1) is 14.0. The van der Waals surface area contributed by atoms with Crippen LogP contribution in [0, 0.1) is 0 Å². The maximum Gasteiger partial charge on any atom is 0.259 e. The van der Waals surface area contributed by atoms with E-state index in [1.807, 2.05) is 18.2 Å². The Bertz CT molecular complexity index is 638. The van der Waals surface area contributed by atoms with Crippen LogP contribution in [0.3, 0.4) is 0 Å². The molecule has 102 valence electrons. The molecule has 1 aliphatic carbocycles. The molecular weight excluding hydrogens is 250 g/mol. The molecule has 0 fully saturated rings. The molecule has 0 radical (unpaired) electrons. The summed E-state index contributed by atoms with van der Waals surface area (Å²) in [5.74, 6) is -0.685. The Kier molecular flexibility index (Phi) is 3.99. The number of allylic oxidation sites excluding steroid dienone is 2. The lowest BCUT2D eigenvalue weighted by Gasteiger charge is -2.14. The van der Waals surface area contributed by atoms with Crippen molar-refractivity contribution in [1.82, 2.24) is 4.90 Å². The third kappa shape index (κ3) is 2.94. The molecular formula is C17H17NO2. The fourth-order valence-corrected chi connectivity index (χ4v) is 2.11. The van der Waals surface area contributed by atoms with E-state index in [-0.39, 0.29) is 11.8 Å². The lowest BCUT2D eigenvalue weighted by atomic mass is 10.1. The number of amides is 2. The number of hydrogen-bond acceptors (Lipinski definition) is 2. The van der Waals surface area contributed by atoms with E-state index in [1.54, 1.807) is 6.92 Å². The molecule has 0 saturated heterocycles. The quantitative estimate of drug-likeness (QED) is 0.789. The first-order valence-corrected chi connectivity index (χ1v) is 6.45. The van der Waals surface area contributed by atoms with Gasteiger partial charge in [-0.15, -0.1) is 0 Å². The van der Waals surface area contributed by atoms with E-state index in [9.17, 15) is 9.59 Å². The van der Waals surface area contributed by atoms with Gasteiger partial charge in [-0.25, -0.2) is 0 Å². The van der Waals surface area contributed by atoms with Crippen LogP contribution in [0.2, 0.25) is 0 Å². The molecule has 0 bridgehead atoms. The van der Waals surface area contributed by atoms with Gasteiger partial charge >= 0.3 is 0 Å². The van der Waals surface area contributed by atoms with Crippen molar-refractivity contribution in [1.29, 1.82) is 0 Å². The predicted octanol–water partition coefficient (Wildman–Crippen LogP) is 3.09. The van der Waals surface area contributed by atoms with E-state index in [2.05, 4.69) is 24.8 Å². The van der Waals surface area contributed by atoms with Crippen molar-refractivity contribution in [3.8, 4) is 0 Å². The second kappa shape index (κ2) is 5.70. The maximum atomic E-state index is 11.8. The zero-order chi connectivity index (χ0) is 14.7. The van der Waals surface area contributed by atoms with Crippen molar-refractivity contribution >= 4 is 17.9 Å². The Morgan fingerprint density at radius 1 is 1.25 bits per heavy atom. The zero-order valence-corrected chi connectivity index (χ0v) is 11.7. The van der Waals surface area contributed by atoms with Crippen molar-refractivity contribution in [3.05, 3.63) is 65.4 Å². The summed E-state index contributed by atoms with van der Waals surface area (Å²) in [6.07, 6.45) is 6.22. The van der Waals surface area contributed by atoms with Gasteiger partial charge in [-0.3, -0.25) is 14.5 Å². The highest BCUT2D eigenvalue weighted by Gasteiger charge is 2.16. The highest BCUT2D eigenvalue weighted by molar-refractivity contribution is 6.03. The Labute approximate surface area is 118 Å². The number of rotatable bonds is 3. The summed E-state index contributed by atoms with van der Waals surface area (Å²) in [6.45, 7) is 6.54. The van der Waals surface area contributed by atoms with Gasteiger partial charge < -0.3 is 0 Å². The molecule has 0 atom stereocenters. The average Bonchev–Trinajstić information content (AvgIpc) is 2.80. The number of fused-ring (bicyclic) bond motifs is 1. The summed E-state index contributed by atoms with van der Waals surface area (Å²) < 4.78 is 0. The van der Waals surface area contributed by atoms with Crippen LogP contribution in [-0.4, -0.2) is 16.7 Å². The minimum Gasteiger partial charge on any atom is -0.274 e. The van der Waals surface area contributed by atoms with E-state index >= 15 is 0 Å². The second-order valence-corrected chi connectivity index (χ2v) is 4.89. The molecule has 3 nitrogen and oxygen atoms in total. The molecule has 1 aromatic rings. The largest absolute Gasteiger partial charge is 0.274 e. The van der Waals surface area contributed by atoms with E-state index in [0.29, 0.717) is 5.57 Å². The van der Waals surface area contributed by atoms with E-state index in [0.717, 1.165) is 16.9 Å². The maximum absolute atomic E-state index is 11.8. The highest BCUT2D eigenvalue weighted by atomic mass is 16.2. The molecule has 1 aromatic carbocycles.